The number of carbonyl (C=O) groups is 2. The van der Waals surface area contributed by atoms with E-state index in [1.165, 1.54) is 6.92 Å². The van der Waals surface area contributed by atoms with Crippen molar-refractivity contribution in [1.82, 2.24) is 0 Å². The molecule has 1 heterocycles. The first-order chi connectivity index (χ1) is 14.5. The number of carbonyl (C=O) groups excluding carboxylic acids is 2. The molecule has 162 valence electrons. The van der Waals surface area contributed by atoms with E-state index >= 15 is 0 Å². The molecule has 2 atom stereocenters. The molecule has 1 amide bonds. The van der Waals surface area contributed by atoms with Crippen molar-refractivity contribution >= 4 is 52.0 Å². The van der Waals surface area contributed by atoms with Gasteiger partial charge in [-0.3, -0.25) is 14.6 Å². The van der Waals surface area contributed by atoms with Crippen LogP contribution in [0.1, 0.15) is 56.3 Å². The lowest BCUT2D eigenvalue weighted by atomic mass is 9.68. The van der Waals surface area contributed by atoms with Crippen LogP contribution < -0.4 is 4.90 Å². The third-order valence-electron chi connectivity index (χ3n) is 6.35. The molecule has 6 heteroatoms. The van der Waals surface area contributed by atoms with Gasteiger partial charge in [-0.2, -0.15) is 0 Å². The third kappa shape index (κ3) is 3.92. The maximum absolute atomic E-state index is 13.5. The molecule has 2 unspecified atom stereocenters. The largest absolute Gasteiger partial charge is 0.302 e. The molecule has 0 aromatic heterocycles. The van der Waals surface area contributed by atoms with Gasteiger partial charge in [0.2, 0.25) is 5.91 Å². The van der Waals surface area contributed by atoms with Crippen molar-refractivity contribution < 1.29 is 9.59 Å². The number of Topliss-reactive ketones (excluding diaryl/α,β-unsaturated/α-hetero) is 1. The number of halogens is 2. The molecule has 0 radical (unpaired) electrons. The first kappa shape index (κ1) is 22.0. The van der Waals surface area contributed by atoms with Crippen molar-refractivity contribution in [2.45, 2.75) is 53.5 Å². The summed E-state index contributed by atoms with van der Waals surface area (Å²) < 4.78 is 0. The monoisotopic (exact) mass is 456 g/mol. The molecule has 0 saturated heterocycles. The molecule has 4 rings (SSSR count). The Morgan fingerprint density at radius 1 is 1.10 bits per heavy atom. The summed E-state index contributed by atoms with van der Waals surface area (Å²) in [6, 6.07) is 8.65. The minimum atomic E-state index is -0.576. The Balaban J connectivity index is 2.05. The molecular formula is C25H26Cl2N2O2. The van der Waals surface area contributed by atoms with Crippen LogP contribution >= 0.6 is 23.2 Å². The number of ketones is 1. The van der Waals surface area contributed by atoms with E-state index in [0.717, 1.165) is 22.5 Å². The lowest BCUT2D eigenvalue weighted by molar-refractivity contribution is -0.124. The molecule has 2 aliphatic rings. The summed E-state index contributed by atoms with van der Waals surface area (Å²) in [4.78, 5) is 33.3. The number of fused-ring (bicyclic) bond motifs is 2. The van der Waals surface area contributed by atoms with Gasteiger partial charge in [0.05, 0.1) is 23.3 Å². The number of hydrogen-bond donors (Lipinski definition) is 0. The second kappa shape index (κ2) is 7.75. The fraction of sp³-hybridized carbons (Fsp3) is 0.400. The highest BCUT2D eigenvalue weighted by Crippen LogP contribution is 2.49. The van der Waals surface area contributed by atoms with E-state index in [2.05, 4.69) is 13.8 Å². The summed E-state index contributed by atoms with van der Waals surface area (Å²) in [5.41, 5.74) is 4.90. The lowest BCUT2D eigenvalue weighted by Gasteiger charge is -2.41. The van der Waals surface area contributed by atoms with Crippen LogP contribution in [0, 0.1) is 25.2 Å². The zero-order valence-electron chi connectivity index (χ0n) is 18.4. The smallest absolute Gasteiger partial charge is 0.224 e. The molecule has 2 aromatic carbocycles. The fourth-order valence-corrected chi connectivity index (χ4v) is 5.37. The molecule has 0 N–H and O–H groups in total. The second-order valence-corrected chi connectivity index (χ2v) is 10.3. The Morgan fingerprint density at radius 3 is 2.42 bits per heavy atom. The van der Waals surface area contributed by atoms with Gasteiger partial charge in [-0.25, -0.2) is 0 Å². The average molecular weight is 457 g/mol. The number of anilines is 1. The molecule has 4 nitrogen and oxygen atoms in total. The molecule has 1 fully saturated rings. The predicted octanol–water partition coefficient (Wildman–Crippen LogP) is 6.80. The summed E-state index contributed by atoms with van der Waals surface area (Å²) in [6.07, 6.45) is 1.11. The molecular weight excluding hydrogens is 431 g/mol. The zero-order valence-corrected chi connectivity index (χ0v) is 19.9. The van der Waals surface area contributed by atoms with Gasteiger partial charge < -0.3 is 4.90 Å². The van der Waals surface area contributed by atoms with Crippen LogP contribution in [0.4, 0.5) is 11.4 Å². The Morgan fingerprint density at radius 2 is 1.77 bits per heavy atom. The van der Waals surface area contributed by atoms with Gasteiger partial charge in [0, 0.05) is 29.1 Å². The van der Waals surface area contributed by atoms with Gasteiger partial charge in [0.1, 0.15) is 5.78 Å². The van der Waals surface area contributed by atoms with Gasteiger partial charge in [-0.1, -0.05) is 43.1 Å². The van der Waals surface area contributed by atoms with Crippen molar-refractivity contribution in [2.24, 2.45) is 16.3 Å². The van der Waals surface area contributed by atoms with E-state index < -0.39 is 12.0 Å². The van der Waals surface area contributed by atoms with Crippen LogP contribution in [-0.2, 0) is 9.59 Å². The number of aliphatic imine (C=N–C) groups is 1. The van der Waals surface area contributed by atoms with Crippen LogP contribution in [-0.4, -0.2) is 17.4 Å². The normalized spacial score (nSPS) is 22.4. The maximum atomic E-state index is 13.5. The lowest BCUT2D eigenvalue weighted by Crippen LogP contribution is -2.47. The minimum Gasteiger partial charge on any atom is -0.302 e. The SMILES string of the molecule is CC(=O)N1c2cc(C)c(C)cc2N=C2CC(C)(C)CC(=O)C2C1c1ccc(Cl)cc1Cl. The molecule has 2 aromatic rings. The number of rotatable bonds is 1. The van der Waals surface area contributed by atoms with Gasteiger partial charge in [-0.05, 0) is 66.6 Å². The molecule has 1 saturated carbocycles. The fourth-order valence-electron chi connectivity index (χ4n) is 4.84. The van der Waals surface area contributed by atoms with Gasteiger partial charge in [0.15, 0.2) is 0 Å². The highest BCUT2D eigenvalue weighted by molar-refractivity contribution is 6.35. The topological polar surface area (TPSA) is 49.7 Å². The van der Waals surface area contributed by atoms with Gasteiger partial charge in [-0.15, -0.1) is 0 Å². The Labute approximate surface area is 193 Å². The van der Waals surface area contributed by atoms with E-state index in [1.807, 2.05) is 32.0 Å². The van der Waals surface area contributed by atoms with E-state index in [9.17, 15) is 9.59 Å². The number of benzene rings is 2. The predicted molar refractivity (Wildman–Crippen MR) is 127 cm³/mol. The summed E-state index contributed by atoms with van der Waals surface area (Å²) in [5.74, 6) is -0.628. The highest BCUT2D eigenvalue weighted by atomic mass is 35.5. The van der Waals surface area contributed by atoms with Crippen molar-refractivity contribution in [1.29, 1.82) is 0 Å². The number of amides is 1. The molecule has 31 heavy (non-hydrogen) atoms. The van der Waals surface area contributed by atoms with E-state index in [4.69, 9.17) is 28.2 Å². The van der Waals surface area contributed by atoms with Crippen molar-refractivity contribution in [3.8, 4) is 0 Å². The maximum Gasteiger partial charge on any atom is 0.224 e. The average Bonchev–Trinajstić information content (AvgIpc) is 2.75. The second-order valence-electron chi connectivity index (χ2n) is 9.49. The number of nitrogens with zero attached hydrogens (tertiary/aromatic N) is 2. The Hall–Kier alpha value is -2.17. The summed E-state index contributed by atoms with van der Waals surface area (Å²) in [5, 5.41) is 0.946. The van der Waals surface area contributed by atoms with Crippen molar-refractivity contribution in [3.05, 3.63) is 57.1 Å². The first-order valence-corrected chi connectivity index (χ1v) is 11.2. The minimum absolute atomic E-state index is 0.0820. The number of aryl methyl sites for hydroxylation is 2. The summed E-state index contributed by atoms with van der Waals surface area (Å²) in [7, 11) is 0. The Kier molecular flexibility index (Phi) is 5.51. The molecule has 1 aliphatic carbocycles. The third-order valence-corrected chi connectivity index (χ3v) is 6.91. The first-order valence-electron chi connectivity index (χ1n) is 10.4. The zero-order chi connectivity index (χ0) is 22.7. The van der Waals surface area contributed by atoms with E-state index in [1.54, 1.807) is 17.0 Å². The molecule has 1 aliphatic heterocycles. The van der Waals surface area contributed by atoms with Crippen LogP contribution in [0.15, 0.2) is 35.3 Å². The van der Waals surface area contributed by atoms with Crippen molar-refractivity contribution in [3.63, 3.8) is 0 Å². The molecule has 0 spiro atoms. The quantitative estimate of drug-likeness (QED) is 0.473. The van der Waals surface area contributed by atoms with Crippen molar-refractivity contribution in [2.75, 3.05) is 4.90 Å². The van der Waals surface area contributed by atoms with E-state index in [-0.39, 0.29) is 17.1 Å². The van der Waals surface area contributed by atoms with Crippen LogP contribution in [0.25, 0.3) is 0 Å². The van der Waals surface area contributed by atoms with Gasteiger partial charge in [0.25, 0.3) is 0 Å². The van der Waals surface area contributed by atoms with Crippen LogP contribution in [0.5, 0.6) is 0 Å². The number of hydrogen-bond acceptors (Lipinski definition) is 3. The Bertz CT molecular complexity index is 1140. The van der Waals surface area contributed by atoms with Crippen LogP contribution in [0.2, 0.25) is 10.0 Å². The highest BCUT2D eigenvalue weighted by Gasteiger charge is 2.47. The van der Waals surface area contributed by atoms with Crippen LogP contribution in [0.3, 0.4) is 0 Å². The van der Waals surface area contributed by atoms with Gasteiger partial charge >= 0.3 is 0 Å². The summed E-state index contributed by atoms with van der Waals surface area (Å²) in [6.45, 7) is 9.74. The molecule has 0 bridgehead atoms. The summed E-state index contributed by atoms with van der Waals surface area (Å²) >= 11 is 12.8. The standard InChI is InChI=1S/C25H26Cl2N2O2/c1-13-8-19-21(9-14(13)2)29(15(3)30)24(17-7-6-16(26)10-18(17)27)23-20(28-19)11-25(4,5)12-22(23)31/h6-10,23-24H,11-12H2,1-5H3. The van der Waals surface area contributed by atoms with E-state index in [0.29, 0.717) is 34.1 Å².